The third kappa shape index (κ3) is 5.02. The van der Waals surface area contributed by atoms with Gasteiger partial charge in [-0.3, -0.25) is 0 Å². The molecule has 34 heavy (non-hydrogen) atoms. The lowest BCUT2D eigenvalue weighted by atomic mass is 9.74. The predicted octanol–water partition coefficient (Wildman–Crippen LogP) is 6.61. The summed E-state index contributed by atoms with van der Waals surface area (Å²) in [6, 6.07) is 20.6. The lowest BCUT2D eigenvalue weighted by Crippen LogP contribution is -2.32. The summed E-state index contributed by atoms with van der Waals surface area (Å²) in [5, 5.41) is 9.06. The van der Waals surface area contributed by atoms with Crippen LogP contribution in [0, 0.1) is 17.6 Å². The number of rotatable bonds is 7. The average Bonchev–Trinajstić information content (AvgIpc) is 2.83. The molecule has 0 spiro atoms. The molecule has 1 heterocycles. The number of carboxylic acid groups (broad SMARTS) is 1. The topological polar surface area (TPSA) is 55.8 Å². The van der Waals surface area contributed by atoms with Crippen LogP contribution in [-0.4, -0.2) is 17.7 Å². The van der Waals surface area contributed by atoms with Gasteiger partial charge in [0.05, 0.1) is 12.2 Å². The third-order valence-electron chi connectivity index (χ3n) is 6.24. The fraction of sp³-hybridized carbons (Fsp3) is 0.250. The quantitative estimate of drug-likeness (QED) is 0.400. The van der Waals surface area contributed by atoms with E-state index in [1.54, 1.807) is 24.3 Å². The number of hydrogen-bond acceptors (Lipinski definition) is 3. The molecule has 0 amide bonds. The first-order chi connectivity index (χ1) is 16.3. The van der Waals surface area contributed by atoms with Crippen LogP contribution in [0.4, 0.5) is 8.78 Å². The molecule has 1 fully saturated rings. The zero-order valence-electron chi connectivity index (χ0n) is 18.8. The molecule has 1 saturated heterocycles. The van der Waals surface area contributed by atoms with E-state index < -0.39 is 30.6 Å². The average molecular weight is 465 g/mol. The number of hydrogen-bond donors (Lipinski definition) is 1. The Hall–Kier alpha value is -3.51. The summed E-state index contributed by atoms with van der Waals surface area (Å²) in [7, 11) is 0. The first kappa shape index (κ1) is 23.6. The molecule has 0 saturated carbocycles. The van der Waals surface area contributed by atoms with Crippen LogP contribution in [0.2, 0.25) is 0 Å². The van der Waals surface area contributed by atoms with E-state index in [-0.39, 0.29) is 23.4 Å². The monoisotopic (exact) mass is 464 g/mol. The number of halogens is 2. The molecule has 176 valence electrons. The molecule has 3 aromatic carbocycles. The molecule has 1 aliphatic rings. The van der Waals surface area contributed by atoms with Crippen LogP contribution < -0.4 is 4.74 Å². The fourth-order valence-corrected chi connectivity index (χ4v) is 4.63. The maximum Gasteiger partial charge on any atom is 0.341 e. The molecule has 0 radical (unpaired) electrons. The summed E-state index contributed by atoms with van der Waals surface area (Å²) in [6.45, 7) is 5.39. The van der Waals surface area contributed by atoms with Crippen molar-refractivity contribution >= 4 is 5.97 Å². The minimum Gasteiger partial charge on any atom is -0.479 e. The Morgan fingerprint density at radius 3 is 2.35 bits per heavy atom. The van der Waals surface area contributed by atoms with Crippen molar-refractivity contribution in [2.45, 2.75) is 31.5 Å². The second-order valence-corrected chi connectivity index (χ2v) is 8.58. The summed E-state index contributed by atoms with van der Waals surface area (Å²) < 4.78 is 40.4. The van der Waals surface area contributed by atoms with E-state index in [2.05, 4.69) is 6.58 Å². The van der Waals surface area contributed by atoms with Gasteiger partial charge in [-0.1, -0.05) is 66.7 Å². The molecule has 6 heteroatoms. The van der Waals surface area contributed by atoms with Gasteiger partial charge in [-0.05, 0) is 42.7 Å². The van der Waals surface area contributed by atoms with Gasteiger partial charge < -0.3 is 14.6 Å². The maximum absolute atomic E-state index is 14.8. The highest BCUT2D eigenvalue weighted by molar-refractivity contribution is 5.68. The molecule has 4 nitrogen and oxygen atoms in total. The molecule has 0 bridgehead atoms. The van der Waals surface area contributed by atoms with E-state index in [1.807, 2.05) is 37.3 Å². The zero-order valence-corrected chi connectivity index (χ0v) is 18.8. The Morgan fingerprint density at radius 1 is 1.00 bits per heavy atom. The summed E-state index contributed by atoms with van der Waals surface area (Å²) in [4.78, 5) is 11.1. The van der Waals surface area contributed by atoms with Crippen LogP contribution in [-0.2, 0) is 9.53 Å². The molecule has 0 unspecified atom stereocenters. The first-order valence-electron chi connectivity index (χ1n) is 11.1. The largest absolute Gasteiger partial charge is 0.479 e. The van der Waals surface area contributed by atoms with E-state index in [9.17, 15) is 13.6 Å². The first-order valence-corrected chi connectivity index (χ1v) is 11.1. The second kappa shape index (κ2) is 10.2. The minimum absolute atomic E-state index is 0.0541. The van der Waals surface area contributed by atoms with E-state index in [4.69, 9.17) is 14.6 Å². The molecule has 1 N–H and O–H groups in total. The highest BCUT2D eigenvalue weighted by Gasteiger charge is 2.42. The van der Waals surface area contributed by atoms with Gasteiger partial charge in [0.15, 0.2) is 18.2 Å². The number of aliphatic carboxylic acids is 1. The molecular weight excluding hydrogens is 438 g/mol. The number of para-hydroxylation sites is 1. The van der Waals surface area contributed by atoms with E-state index in [0.29, 0.717) is 12.0 Å². The summed E-state index contributed by atoms with van der Waals surface area (Å²) in [5.41, 5.74) is 3.15. The van der Waals surface area contributed by atoms with Crippen molar-refractivity contribution in [2.24, 2.45) is 5.92 Å². The lowest BCUT2D eigenvalue weighted by Gasteiger charge is -2.43. The minimum atomic E-state index is -1.21. The Labute approximate surface area is 197 Å². The van der Waals surface area contributed by atoms with Gasteiger partial charge in [-0.25, -0.2) is 13.6 Å². The molecular formula is C28H26F2O4. The second-order valence-electron chi connectivity index (χ2n) is 8.58. The molecule has 3 aromatic rings. The van der Waals surface area contributed by atoms with Crippen molar-refractivity contribution < 1.29 is 28.2 Å². The van der Waals surface area contributed by atoms with Gasteiger partial charge in [0, 0.05) is 17.4 Å². The van der Waals surface area contributed by atoms with Crippen LogP contribution in [0.1, 0.15) is 48.2 Å². The number of carboxylic acids is 1. The van der Waals surface area contributed by atoms with Crippen molar-refractivity contribution in [3.63, 3.8) is 0 Å². The maximum atomic E-state index is 14.8. The number of benzene rings is 3. The normalized spacial score (nSPS) is 22.2. The fourth-order valence-electron chi connectivity index (χ4n) is 4.63. The van der Waals surface area contributed by atoms with E-state index in [1.165, 1.54) is 18.2 Å². The molecule has 1 aliphatic heterocycles. The standard InChI is InChI=1S/C28H26F2O4/c1-17(2)22-15-23(18-7-4-3-5-8-18)26(19-11-13-20(29)14-12-19)34-27(22)21-9-6-10-24(30)28(21)33-16-25(31)32/h3-14,22-23,26-27H,1,15-16H2,2H3,(H,31,32)/t22-,23-,26+,27-/m1/s1. The molecule has 0 aromatic heterocycles. The van der Waals surface area contributed by atoms with Gasteiger partial charge in [-0.15, -0.1) is 0 Å². The summed E-state index contributed by atoms with van der Waals surface area (Å²) in [6.07, 6.45) is -0.424. The highest BCUT2D eigenvalue weighted by atomic mass is 19.1. The van der Waals surface area contributed by atoms with Gasteiger partial charge in [0.25, 0.3) is 0 Å². The van der Waals surface area contributed by atoms with Crippen molar-refractivity contribution in [3.8, 4) is 5.75 Å². The third-order valence-corrected chi connectivity index (χ3v) is 6.24. The van der Waals surface area contributed by atoms with Crippen molar-refractivity contribution in [1.82, 2.24) is 0 Å². The van der Waals surface area contributed by atoms with Gasteiger partial charge in [0.2, 0.25) is 0 Å². The Kier molecular flexibility index (Phi) is 7.08. The van der Waals surface area contributed by atoms with Crippen LogP contribution in [0.3, 0.4) is 0 Å². The predicted molar refractivity (Wildman–Crippen MR) is 125 cm³/mol. The van der Waals surface area contributed by atoms with Gasteiger partial charge >= 0.3 is 5.97 Å². The summed E-state index contributed by atoms with van der Waals surface area (Å²) >= 11 is 0. The molecule has 4 atom stereocenters. The number of carbonyl (C=O) groups is 1. The van der Waals surface area contributed by atoms with Crippen molar-refractivity contribution in [1.29, 1.82) is 0 Å². The van der Waals surface area contributed by atoms with Crippen molar-refractivity contribution in [3.05, 3.63) is 113 Å². The van der Waals surface area contributed by atoms with Crippen LogP contribution in [0.15, 0.2) is 84.9 Å². The Morgan fingerprint density at radius 2 is 1.71 bits per heavy atom. The molecule has 0 aliphatic carbocycles. The Bertz CT molecular complexity index is 1160. The van der Waals surface area contributed by atoms with Crippen LogP contribution in [0.25, 0.3) is 0 Å². The van der Waals surface area contributed by atoms with Gasteiger partial charge in [0.1, 0.15) is 5.82 Å². The SMILES string of the molecule is C=C(C)[C@H]1C[C@H](c2ccccc2)[C@H](c2ccc(F)cc2)O[C@@H]1c1cccc(F)c1OCC(=O)O. The smallest absolute Gasteiger partial charge is 0.341 e. The van der Waals surface area contributed by atoms with Crippen LogP contribution >= 0.6 is 0 Å². The Balaban J connectivity index is 1.80. The van der Waals surface area contributed by atoms with Crippen LogP contribution in [0.5, 0.6) is 5.75 Å². The van der Waals surface area contributed by atoms with Gasteiger partial charge in [-0.2, -0.15) is 0 Å². The summed E-state index contributed by atoms with van der Waals surface area (Å²) in [5.74, 6) is -2.59. The lowest BCUT2D eigenvalue weighted by molar-refractivity contribution is -0.139. The molecule has 4 rings (SSSR count). The highest BCUT2D eigenvalue weighted by Crippen LogP contribution is 2.53. The van der Waals surface area contributed by atoms with E-state index in [0.717, 1.165) is 16.7 Å². The zero-order chi connectivity index (χ0) is 24.2. The van der Waals surface area contributed by atoms with Crippen molar-refractivity contribution in [2.75, 3.05) is 6.61 Å². The van der Waals surface area contributed by atoms with E-state index >= 15 is 0 Å². The number of ether oxygens (including phenoxy) is 2.